The summed E-state index contributed by atoms with van der Waals surface area (Å²) in [6.45, 7) is 2.19. The number of nitrogens with two attached hydrogens (primary N) is 1. The van der Waals surface area contributed by atoms with Crippen molar-refractivity contribution < 1.29 is 14.0 Å². The first-order chi connectivity index (χ1) is 14.1. The highest BCUT2D eigenvalue weighted by Gasteiger charge is 2.19. The summed E-state index contributed by atoms with van der Waals surface area (Å²) in [7, 11) is 3.58. The number of rotatable bonds is 7. The molecular formula is C22H24N4O3. The maximum atomic E-state index is 6.29. The standard InChI is InChI=1S/C22H24N4O3/c1-14-24-22(29-25-14)18-12-17-19(9-10-20(27-3)21(17)26(18)2)28-13-16(23)11-15-7-5-4-6-8-15/h4-10,12,16H,11,13,23H2,1-3H3/t16-/m0/s1. The summed E-state index contributed by atoms with van der Waals surface area (Å²) in [4.78, 5) is 4.34. The van der Waals surface area contributed by atoms with Gasteiger partial charge in [0.2, 0.25) is 0 Å². The third-order valence-corrected chi connectivity index (χ3v) is 4.88. The van der Waals surface area contributed by atoms with Crippen LogP contribution in [0.25, 0.3) is 22.5 Å². The van der Waals surface area contributed by atoms with Crippen molar-refractivity contribution in [1.82, 2.24) is 14.7 Å². The van der Waals surface area contributed by atoms with Crippen LogP contribution in [-0.2, 0) is 13.5 Å². The number of hydrogen-bond donors (Lipinski definition) is 1. The molecule has 4 aromatic rings. The Morgan fingerprint density at radius 2 is 1.90 bits per heavy atom. The Morgan fingerprint density at radius 3 is 2.59 bits per heavy atom. The number of aryl methyl sites for hydroxylation is 2. The summed E-state index contributed by atoms with van der Waals surface area (Å²) in [6, 6.07) is 15.8. The van der Waals surface area contributed by atoms with Crippen LogP contribution < -0.4 is 15.2 Å². The van der Waals surface area contributed by atoms with Gasteiger partial charge in [0, 0.05) is 18.5 Å². The van der Waals surface area contributed by atoms with Gasteiger partial charge in [-0.2, -0.15) is 4.98 Å². The molecule has 0 radical (unpaired) electrons. The van der Waals surface area contributed by atoms with Crippen molar-refractivity contribution in [2.24, 2.45) is 12.8 Å². The van der Waals surface area contributed by atoms with Crippen molar-refractivity contribution in [3.63, 3.8) is 0 Å². The second-order valence-corrected chi connectivity index (χ2v) is 7.02. The summed E-state index contributed by atoms with van der Waals surface area (Å²) in [5.41, 5.74) is 9.18. The zero-order valence-corrected chi connectivity index (χ0v) is 16.8. The number of nitrogens with zero attached hydrogens (tertiary/aromatic N) is 3. The van der Waals surface area contributed by atoms with Crippen LogP contribution in [0.4, 0.5) is 0 Å². The fraction of sp³-hybridized carbons (Fsp3) is 0.273. The van der Waals surface area contributed by atoms with Crippen molar-refractivity contribution >= 4 is 10.9 Å². The Balaban J connectivity index is 1.62. The van der Waals surface area contributed by atoms with Crippen LogP contribution in [0.2, 0.25) is 0 Å². The lowest BCUT2D eigenvalue weighted by Gasteiger charge is -2.15. The molecule has 150 valence electrons. The van der Waals surface area contributed by atoms with Gasteiger partial charge in [0.25, 0.3) is 5.89 Å². The van der Waals surface area contributed by atoms with E-state index in [0.717, 1.165) is 34.5 Å². The summed E-state index contributed by atoms with van der Waals surface area (Å²) >= 11 is 0. The molecule has 0 bridgehead atoms. The van der Waals surface area contributed by atoms with Crippen molar-refractivity contribution in [3.05, 3.63) is 59.9 Å². The van der Waals surface area contributed by atoms with Crippen molar-refractivity contribution in [3.8, 4) is 23.1 Å². The molecule has 4 rings (SSSR count). The average Bonchev–Trinajstić information content (AvgIpc) is 3.30. The van der Waals surface area contributed by atoms with Gasteiger partial charge in [-0.3, -0.25) is 0 Å². The molecule has 0 fully saturated rings. The Bertz CT molecular complexity index is 1120. The molecule has 0 saturated heterocycles. The molecule has 0 aliphatic heterocycles. The second kappa shape index (κ2) is 7.97. The smallest absolute Gasteiger partial charge is 0.274 e. The van der Waals surface area contributed by atoms with Gasteiger partial charge in [-0.15, -0.1) is 0 Å². The predicted octanol–water partition coefficient (Wildman–Crippen LogP) is 3.49. The summed E-state index contributed by atoms with van der Waals surface area (Å²) < 4.78 is 19.0. The maximum absolute atomic E-state index is 6.29. The molecule has 29 heavy (non-hydrogen) atoms. The minimum absolute atomic E-state index is 0.115. The van der Waals surface area contributed by atoms with E-state index < -0.39 is 0 Å². The van der Waals surface area contributed by atoms with Crippen LogP contribution in [0.3, 0.4) is 0 Å². The van der Waals surface area contributed by atoms with E-state index in [1.54, 1.807) is 14.0 Å². The molecule has 0 amide bonds. The molecule has 2 heterocycles. The lowest BCUT2D eigenvalue weighted by molar-refractivity contribution is 0.290. The normalized spacial score (nSPS) is 12.3. The fourth-order valence-corrected chi connectivity index (χ4v) is 3.48. The van der Waals surface area contributed by atoms with Crippen molar-refractivity contribution in [1.29, 1.82) is 0 Å². The second-order valence-electron chi connectivity index (χ2n) is 7.02. The van der Waals surface area contributed by atoms with Gasteiger partial charge in [-0.1, -0.05) is 35.5 Å². The van der Waals surface area contributed by atoms with Crippen LogP contribution in [0, 0.1) is 6.92 Å². The van der Waals surface area contributed by atoms with Gasteiger partial charge in [0.05, 0.1) is 12.6 Å². The lowest BCUT2D eigenvalue weighted by Crippen LogP contribution is -2.30. The third-order valence-electron chi connectivity index (χ3n) is 4.88. The quantitative estimate of drug-likeness (QED) is 0.518. The number of fused-ring (bicyclic) bond motifs is 1. The fourth-order valence-electron chi connectivity index (χ4n) is 3.48. The van der Waals surface area contributed by atoms with Gasteiger partial charge in [0.1, 0.15) is 23.8 Å². The molecule has 7 heteroatoms. The zero-order valence-electron chi connectivity index (χ0n) is 16.8. The van der Waals surface area contributed by atoms with E-state index in [-0.39, 0.29) is 6.04 Å². The Morgan fingerprint density at radius 1 is 1.14 bits per heavy atom. The molecule has 0 aliphatic carbocycles. The van der Waals surface area contributed by atoms with E-state index in [1.165, 1.54) is 5.56 Å². The predicted molar refractivity (Wildman–Crippen MR) is 111 cm³/mol. The highest BCUT2D eigenvalue weighted by atomic mass is 16.5. The van der Waals surface area contributed by atoms with Gasteiger partial charge in [-0.05, 0) is 37.1 Å². The zero-order chi connectivity index (χ0) is 20.4. The van der Waals surface area contributed by atoms with E-state index in [1.807, 2.05) is 48.0 Å². The first-order valence-corrected chi connectivity index (χ1v) is 9.46. The van der Waals surface area contributed by atoms with Crippen molar-refractivity contribution in [2.75, 3.05) is 13.7 Å². The highest BCUT2D eigenvalue weighted by Crippen LogP contribution is 2.38. The van der Waals surface area contributed by atoms with Gasteiger partial charge in [0.15, 0.2) is 5.82 Å². The summed E-state index contributed by atoms with van der Waals surface area (Å²) in [5, 5.41) is 4.80. The molecule has 0 saturated carbocycles. The van der Waals surface area contributed by atoms with E-state index in [9.17, 15) is 0 Å². The number of benzene rings is 2. The lowest BCUT2D eigenvalue weighted by atomic mass is 10.1. The first-order valence-electron chi connectivity index (χ1n) is 9.46. The minimum atomic E-state index is -0.115. The van der Waals surface area contributed by atoms with E-state index in [2.05, 4.69) is 22.3 Å². The van der Waals surface area contributed by atoms with Crippen LogP contribution in [0.5, 0.6) is 11.5 Å². The molecular weight excluding hydrogens is 368 g/mol. The van der Waals surface area contributed by atoms with Crippen LogP contribution in [-0.4, -0.2) is 34.5 Å². The third kappa shape index (κ3) is 3.82. The van der Waals surface area contributed by atoms with Crippen LogP contribution in [0.1, 0.15) is 11.4 Å². The van der Waals surface area contributed by atoms with Gasteiger partial charge < -0.3 is 24.3 Å². The molecule has 2 N–H and O–H groups in total. The molecule has 0 aliphatic rings. The van der Waals surface area contributed by atoms with Gasteiger partial charge in [-0.25, -0.2) is 0 Å². The van der Waals surface area contributed by atoms with Crippen LogP contribution >= 0.6 is 0 Å². The largest absolute Gasteiger partial charge is 0.495 e. The molecule has 0 unspecified atom stereocenters. The number of methoxy groups -OCH3 is 1. The Kier molecular flexibility index (Phi) is 5.22. The SMILES string of the molecule is COc1ccc(OC[C@@H](N)Cc2ccccc2)c2cc(-c3nc(C)no3)n(C)c12. The van der Waals surface area contributed by atoms with E-state index in [4.69, 9.17) is 19.7 Å². The van der Waals surface area contributed by atoms with Gasteiger partial charge >= 0.3 is 0 Å². The molecule has 2 aromatic heterocycles. The monoisotopic (exact) mass is 392 g/mol. The van der Waals surface area contributed by atoms with Crippen molar-refractivity contribution in [2.45, 2.75) is 19.4 Å². The molecule has 1 atom stereocenters. The number of ether oxygens (including phenoxy) is 2. The van der Waals surface area contributed by atoms with Crippen LogP contribution in [0.15, 0.2) is 53.1 Å². The highest BCUT2D eigenvalue weighted by molar-refractivity contribution is 5.95. The molecule has 2 aromatic carbocycles. The topological polar surface area (TPSA) is 88.3 Å². The number of hydrogen-bond acceptors (Lipinski definition) is 6. The van der Waals surface area contributed by atoms with E-state index >= 15 is 0 Å². The summed E-state index contributed by atoms with van der Waals surface area (Å²) in [5.74, 6) is 2.52. The minimum Gasteiger partial charge on any atom is -0.495 e. The number of aromatic nitrogens is 3. The molecule has 7 nitrogen and oxygen atoms in total. The Labute approximate surface area is 169 Å². The Hall–Kier alpha value is -3.32. The average molecular weight is 392 g/mol. The first kappa shape index (κ1) is 19.0. The maximum Gasteiger partial charge on any atom is 0.274 e. The molecule has 0 spiro atoms. The van der Waals surface area contributed by atoms with E-state index in [0.29, 0.717) is 18.3 Å². The summed E-state index contributed by atoms with van der Waals surface area (Å²) in [6.07, 6.45) is 0.751.